The molecule has 1 heterocycles. The van der Waals surface area contributed by atoms with Crippen LogP contribution in [0.1, 0.15) is 28.0 Å². The van der Waals surface area contributed by atoms with Crippen LogP contribution in [-0.2, 0) is 22.3 Å². The van der Waals surface area contributed by atoms with E-state index in [-0.39, 0.29) is 5.15 Å². The third-order valence-electron chi connectivity index (χ3n) is 3.48. The maximum Gasteiger partial charge on any atom is 0.390 e. The molecule has 2 aromatic rings. The number of halogens is 4. The Kier molecular flexibility index (Phi) is 5.97. The van der Waals surface area contributed by atoms with E-state index in [4.69, 9.17) is 11.6 Å². The molecule has 26 heavy (non-hydrogen) atoms. The van der Waals surface area contributed by atoms with Gasteiger partial charge in [0.05, 0.1) is 18.5 Å². The number of carbonyl (C=O) groups is 1. The van der Waals surface area contributed by atoms with E-state index in [2.05, 4.69) is 4.98 Å². The monoisotopic (exact) mass is 409 g/mol. The number of nitrogens with zero attached hydrogens (tertiary/aromatic N) is 2. The van der Waals surface area contributed by atoms with Crippen molar-refractivity contribution in [2.24, 2.45) is 0 Å². The van der Waals surface area contributed by atoms with E-state index in [0.717, 1.165) is 16.5 Å². The minimum Gasteiger partial charge on any atom is -0.321 e. The van der Waals surface area contributed by atoms with Crippen LogP contribution in [-0.4, -0.2) is 30.1 Å². The second-order valence-corrected chi connectivity index (χ2v) is 7.64. The number of carbonyl (C=O) groups excluding carboxylic acids is 1. The number of nitrogens with one attached hydrogen (secondary N) is 1. The zero-order valence-corrected chi connectivity index (χ0v) is 15.1. The molecule has 142 valence electrons. The molecule has 0 atom stereocenters. The van der Waals surface area contributed by atoms with Gasteiger partial charge in [-0.25, -0.2) is 18.1 Å². The number of benzene rings is 1. The van der Waals surface area contributed by atoms with Crippen molar-refractivity contribution in [2.45, 2.75) is 31.8 Å². The molecule has 6 nitrogen and oxygen atoms in total. The number of aromatic nitrogens is 2. The van der Waals surface area contributed by atoms with Crippen molar-refractivity contribution in [3.8, 4) is 0 Å². The van der Waals surface area contributed by atoms with Crippen molar-refractivity contribution in [2.75, 3.05) is 0 Å². The van der Waals surface area contributed by atoms with Crippen LogP contribution in [0.5, 0.6) is 0 Å². The molecule has 11 heteroatoms. The van der Waals surface area contributed by atoms with Crippen LogP contribution in [0.15, 0.2) is 30.6 Å². The van der Waals surface area contributed by atoms with Gasteiger partial charge in [-0.1, -0.05) is 35.9 Å². The molecule has 0 aliphatic heterocycles. The highest BCUT2D eigenvalue weighted by molar-refractivity contribution is 7.89. The van der Waals surface area contributed by atoms with Crippen LogP contribution in [0.2, 0.25) is 5.15 Å². The fourth-order valence-electron chi connectivity index (χ4n) is 2.13. The summed E-state index contributed by atoms with van der Waals surface area (Å²) in [6, 6.07) is 6.75. The molecule has 0 spiro atoms. The summed E-state index contributed by atoms with van der Waals surface area (Å²) in [5.41, 5.74) is 0.789. The fraction of sp³-hybridized carbons (Fsp3) is 0.333. The minimum atomic E-state index is -4.40. The number of imidazole rings is 1. The Bertz CT molecular complexity index is 910. The average molecular weight is 410 g/mol. The van der Waals surface area contributed by atoms with Gasteiger partial charge in [-0.05, 0) is 18.1 Å². The van der Waals surface area contributed by atoms with Crippen LogP contribution in [0, 0.1) is 6.92 Å². The molecular weight excluding hydrogens is 395 g/mol. The molecule has 0 bridgehead atoms. The lowest BCUT2D eigenvalue weighted by molar-refractivity contribution is -0.136. The van der Waals surface area contributed by atoms with Gasteiger partial charge in [0.2, 0.25) is 10.0 Å². The number of hydrogen-bond acceptors (Lipinski definition) is 4. The first-order chi connectivity index (χ1) is 12.0. The SMILES string of the molecule is Cc1ccccc1CS(=O)(=O)NC(=O)c1ncn(CCC(F)(F)F)c1Cl. The van der Waals surface area contributed by atoms with Crippen LogP contribution < -0.4 is 4.72 Å². The first kappa shape index (κ1) is 20.2. The van der Waals surface area contributed by atoms with Crippen molar-refractivity contribution in [1.29, 1.82) is 0 Å². The van der Waals surface area contributed by atoms with E-state index in [1.165, 1.54) is 0 Å². The molecule has 0 radical (unpaired) electrons. The maximum absolute atomic E-state index is 12.3. The Balaban J connectivity index is 2.10. The van der Waals surface area contributed by atoms with Gasteiger partial charge < -0.3 is 4.57 Å². The largest absolute Gasteiger partial charge is 0.390 e. The van der Waals surface area contributed by atoms with Gasteiger partial charge in [-0.3, -0.25) is 4.79 Å². The van der Waals surface area contributed by atoms with E-state index in [1.807, 2.05) is 4.72 Å². The van der Waals surface area contributed by atoms with Gasteiger partial charge in [0.1, 0.15) is 5.15 Å². The summed E-state index contributed by atoms with van der Waals surface area (Å²) in [5.74, 6) is -1.54. The second kappa shape index (κ2) is 7.67. The molecule has 2 rings (SSSR count). The van der Waals surface area contributed by atoms with E-state index in [1.54, 1.807) is 31.2 Å². The number of aryl methyl sites for hydroxylation is 2. The number of rotatable bonds is 6. The molecular formula is C15H15ClF3N3O3S. The molecule has 0 saturated carbocycles. The second-order valence-electron chi connectivity index (χ2n) is 5.56. The first-order valence-corrected chi connectivity index (χ1v) is 9.38. The first-order valence-electron chi connectivity index (χ1n) is 7.35. The summed E-state index contributed by atoms with van der Waals surface area (Å²) in [6.07, 6.45) is -4.60. The average Bonchev–Trinajstić information content (AvgIpc) is 2.87. The van der Waals surface area contributed by atoms with Crippen molar-refractivity contribution >= 4 is 27.5 Å². The third kappa shape index (κ3) is 5.46. The summed E-state index contributed by atoms with van der Waals surface area (Å²) < 4.78 is 63.9. The van der Waals surface area contributed by atoms with Gasteiger partial charge in [0, 0.05) is 6.54 Å². The molecule has 0 aliphatic carbocycles. The highest BCUT2D eigenvalue weighted by atomic mass is 35.5. The van der Waals surface area contributed by atoms with E-state index in [9.17, 15) is 26.4 Å². The van der Waals surface area contributed by atoms with Crippen molar-refractivity contribution < 1.29 is 26.4 Å². The van der Waals surface area contributed by atoms with Gasteiger partial charge in [-0.15, -0.1) is 0 Å². The molecule has 0 aliphatic rings. The van der Waals surface area contributed by atoms with Crippen LogP contribution in [0.3, 0.4) is 0 Å². The Morgan fingerprint density at radius 2 is 1.96 bits per heavy atom. The van der Waals surface area contributed by atoms with Crippen LogP contribution >= 0.6 is 11.6 Å². The number of hydrogen-bond donors (Lipinski definition) is 1. The van der Waals surface area contributed by atoms with Crippen molar-refractivity contribution in [3.63, 3.8) is 0 Å². The molecule has 1 aromatic carbocycles. The molecule has 1 amide bonds. The summed E-state index contributed by atoms with van der Waals surface area (Å²) in [4.78, 5) is 15.7. The molecule has 0 unspecified atom stereocenters. The Morgan fingerprint density at radius 3 is 2.58 bits per heavy atom. The zero-order chi connectivity index (χ0) is 19.5. The lowest BCUT2D eigenvalue weighted by atomic mass is 10.1. The number of sulfonamides is 1. The Morgan fingerprint density at radius 1 is 1.31 bits per heavy atom. The number of alkyl halides is 3. The quantitative estimate of drug-likeness (QED) is 0.795. The lowest BCUT2D eigenvalue weighted by Gasteiger charge is -2.09. The third-order valence-corrected chi connectivity index (χ3v) is 5.06. The molecule has 1 N–H and O–H groups in total. The fourth-order valence-corrected chi connectivity index (χ4v) is 3.57. The predicted octanol–water partition coefficient (Wildman–Crippen LogP) is 3.06. The van der Waals surface area contributed by atoms with Gasteiger partial charge in [0.15, 0.2) is 5.69 Å². The zero-order valence-electron chi connectivity index (χ0n) is 13.5. The highest BCUT2D eigenvalue weighted by Gasteiger charge is 2.28. The van der Waals surface area contributed by atoms with Crippen molar-refractivity contribution in [3.05, 3.63) is 52.6 Å². The van der Waals surface area contributed by atoms with E-state index < -0.39 is 46.5 Å². The molecule has 1 aromatic heterocycles. The number of amides is 1. The molecule has 0 saturated heterocycles. The van der Waals surface area contributed by atoms with Crippen molar-refractivity contribution in [1.82, 2.24) is 14.3 Å². The Hall–Kier alpha value is -2.07. The van der Waals surface area contributed by atoms with E-state index in [0.29, 0.717) is 5.56 Å². The maximum atomic E-state index is 12.3. The minimum absolute atomic E-state index is 0.363. The lowest BCUT2D eigenvalue weighted by Crippen LogP contribution is -2.32. The summed E-state index contributed by atoms with van der Waals surface area (Å²) >= 11 is 5.84. The molecule has 0 fully saturated rings. The van der Waals surface area contributed by atoms with Crippen LogP contribution in [0.4, 0.5) is 13.2 Å². The normalized spacial score (nSPS) is 12.2. The Labute approximate surface area is 153 Å². The predicted molar refractivity (Wildman–Crippen MR) is 89.2 cm³/mol. The van der Waals surface area contributed by atoms with Gasteiger partial charge >= 0.3 is 6.18 Å². The van der Waals surface area contributed by atoms with E-state index >= 15 is 0 Å². The topological polar surface area (TPSA) is 81.1 Å². The standard InChI is InChI=1S/C15H15ClF3N3O3S/c1-10-4-2-3-5-11(10)8-26(24,25)21-14(23)12-13(16)22(9-20-12)7-6-15(17,18)19/h2-5,9H,6-8H2,1H3,(H,21,23). The van der Waals surface area contributed by atoms with Gasteiger partial charge in [-0.2, -0.15) is 13.2 Å². The summed E-state index contributed by atoms with van der Waals surface area (Å²) in [7, 11) is -4.03. The smallest absolute Gasteiger partial charge is 0.321 e. The van der Waals surface area contributed by atoms with Gasteiger partial charge in [0.25, 0.3) is 5.91 Å². The van der Waals surface area contributed by atoms with Crippen LogP contribution in [0.25, 0.3) is 0 Å². The highest BCUT2D eigenvalue weighted by Crippen LogP contribution is 2.23. The summed E-state index contributed by atoms with van der Waals surface area (Å²) in [6.45, 7) is 1.20. The summed E-state index contributed by atoms with van der Waals surface area (Å²) in [5, 5.41) is -0.363.